The highest BCUT2D eigenvalue weighted by Gasteiger charge is 2.23. The number of hydrogen-bond acceptors (Lipinski definition) is 3. The predicted molar refractivity (Wildman–Crippen MR) is 60.9 cm³/mol. The third kappa shape index (κ3) is 2.44. The van der Waals surface area contributed by atoms with E-state index in [1.54, 1.807) is 6.26 Å². The molecule has 0 aromatic carbocycles. The Balaban J connectivity index is 1.93. The van der Waals surface area contributed by atoms with Gasteiger partial charge in [0.05, 0.1) is 6.26 Å². The molecule has 0 spiro atoms. The van der Waals surface area contributed by atoms with Crippen molar-refractivity contribution < 1.29 is 9.21 Å². The molecule has 2 N–H and O–H groups in total. The van der Waals surface area contributed by atoms with Crippen LogP contribution in [0.25, 0.3) is 0 Å². The first-order valence-corrected chi connectivity index (χ1v) is 5.82. The first kappa shape index (κ1) is 11.2. The van der Waals surface area contributed by atoms with Crippen LogP contribution >= 0.6 is 0 Å². The summed E-state index contributed by atoms with van der Waals surface area (Å²) in [5, 5.41) is 0. The zero-order valence-electron chi connectivity index (χ0n) is 9.39. The molecule has 4 heteroatoms. The summed E-state index contributed by atoms with van der Waals surface area (Å²) in [5.74, 6) is 1.03. The second-order valence-electron chi connectivity index (χ2n) is 4.24. The van der Waals surface area contributed by atoms with Crippen molar-refractivity contribution in [3.05, 3.63) is 24.2 Å². The highest BCUT2D eigenvalue weighted by atomic mass is 16.3. The largest absolute Gasteiger partial charge is 0.469 e. The van der Waals surface area contributed by atoms with Crippen molar-refractivity contribution in [3.63, 3.8) is 0 Å². The van der Waals surface area contributed by atoms with Gasteiger partial charge >= 0.3 is 0 Å². The minimum absolute atomic E-state index is 0.0168. The zero-order valence-corrected chi connectivity index (χ0v) is 9.39. The molecule has 0 radical (unpaired) electrons. The molecule has 16 heavy (non-hydrogen) atoms. The molecule has 0 bridgehead atoms. The van der Waals surface area contributed by atoms with E-state index in [0.717, 1.165) is 31.7 Å². The lowest BCUT2D eigenvalue weighted by atomic mass is 10.0. The van der Waals surface area contributed by atoms with Gasteiger partial charge in [-0.15, -0.1) is 0 Å². The van der Waals surface area contributed by atoms with Gasteiger partial charge in [-0.1, -0.05) is 0 Å². The second-order valence-corrected chi connectivity index (χ2v) is 4.24. The van der Waals surface area contributed by atoms with Crippen LogP contribution in [0.5, 0.6) is 0 Å². The van der Waals surface area contributed by atoms with Crippen LogP contribution in [-0.2, 0) is 4.79 Å². The van der Waals surface area contributed by atoms with Gasteiger partial charge in [-0.2, -0.15) is 0 Å². The molecule has 1 amide bonds. The lowest BCUT2D eigenvalue weighted by Gasteiger charge is -2.18. The molecule has 1 fully saturated rings. The average Bonchev–Trinajstić information content (AvgIpc) is 2.96. The summed E-state index contributed by atoms with van der Waals surface area (Å²) < 4.78 is 5.30. The minimum atomic E-state index is 0.0168. The van der Waals surface area contributed by atoms with Gasteiger partial charge in [-0.25, -0.2) is 0 Å². The molecule has 2 rings (SSSR count). The normalized spacial score (nSPS) is 17.7. The number of amides is 1. The number of carbonyl (C=O) groups is 1. The quantitative estimate of drug-likeness (QED) is 0.836. The third-order valence-electron chi connectivity index (χ3n) is 3.11. The van der Waals surface area contributed by atoms with Crippen LogP contribution in [0.4, 0.5) is 0 Å². The molecule has 0 aliphatic carbocycles. The molecule has 1 aliphatic rings. The lowest BCUT2D eigenvalue weighted by molar-refractivity contribution is -0.130. The van der Waals surface area contributed by atoms with Gasteiger partial charge in [0.25, 0.3) is 0 Å². The van der Waals surface area contributed by atoms with Crippen molar-refractivity contribution in [2.45, 2.75) is 25.2 Å². The van der Waals surface area contributed by atoms with Crippen LogP contribution in [0.3, 0.4) is 0 Å². The summed E-state index contributed by atoms with van der Waals surface area (Å²) >= 11 is 0. The fraction of sp³-hybridized carbons (Fsp3) is 0.583. The first-order chi connectivity index (χ1) is 7.81. The zero-order chi connectivity index (χ0) is 11.4. The smallest absolute Gasteiger partial charge is 0.223 e. The fourth-order valence-corrected chi connectivity index (χ4v) is 2.13. The number of nitrogens with zero attached hydrogens (tertiary/aromatic N) is 1. The number of rotatable bonds is 4. The lowest BCUT2D eigenvalue weighted by Crippen LogP contribution is -2.30. The monoisotopic (exact) mass is 222 g/mol. The first-order valence-electron chi connectivity index (χ1n) is 5.82. The SMILES string of the molecule is NC[C@@H](CC(=O)N1CCCC1)c1ccco1. The number of carbonyl (C=O) groups excluding carboxylic acids is 1. The van der Waals surface area contributed by atoms with Crippen molar-refractivity contribution in [2.24, 2.45) is 5.73 Å². The minimum Gasteiger partial charge on any atom is -0.469 e. The number of hydrogen-bond donors (Lipinski definition) is 1. The highest BCUT2D eigenvalue weighted by molar-refractivity contribution is 5.77. The number of furan rings is 1. The topological polar surface area (TPSA) is 59.5 Å². The van der Waals surface area contributed by atoms with Crippen LogP contribution in [0.15, 0.2) is 22.8 Å². The molecular weight excluding hydrogens is 204 g/mol. The van der Waals surface area contributed by atoms with Crippen LogP contribution < -0.4 is 5.73 Å². The summed E-state index contributed by atoms with van der Waals surface area (Å²) in [6, 6.07) is 3.72. The van der Waals surface area contributed by atoms with E-state index in [-0.39, 0.29) is 11.8 Å². The van der Waals surface area contributed by atoms with Gasteiger partial charge in [-0.05, 0) is 25.0 Å². The fourth-order valence-electron chi connectivity index (χ4n) is 2.13. The maximum absolute atomic E-state index is 11.9. The molecule has 0 unspecified atom stereocenters. The summed E-state index contributed by atoms with van der Waals surface area (Å²) in [6.45, 7) is 2.25. The van der Waals surface area contributed by atoms with Gasteiger partial charge in [-0.3, -0.25) is 4.79 Å². The Hall–Kier alpha value is -1.29. The van der Waals surface area contributed by atoms with Crippen LogP contribution in [-0.4, -0.2) is 30.4 Å². The Morgan fingerprint density at radius 2 is 2.25 bits per heavy atom. The van der Waals surface area contributed by atoms with Crippen molar-refractivity contribution in [2.75, 3.05) is 19.6 Å². The Labute approximate surface area is 95.4 Å². The van der Waals surface area contributed by atoms with Crippen molar-refractivity contribution in [3.8, 4) is 0 Å². The predicted octanol–water partition coefficient (Wildman–Crippen LogP) is 1.33. The van der Waals surface area contributed by atoms with E-state index >= 15 is 0 Å². The molecule has 4 nitrogen and oxygen atoms in total. The van der Waals surface area contributed by atoms with E-state index in [2.05, 4.69) is 0 Å². The van der Waals surface area contributed by atoms with E-state index in [4.69, 9.17) is 10.2 Å². The molecule has 88 valence electrons. The average molecular weight is 222 g/mol. The maximum Gasteiger partial charge on any atom is 0.223 e. The summed E-state index contributed by atoms with van der Waals surface area (Å²) in [6.07, 6.45) is 4.34. The van der Waals surface area contributed by atoms with Crippen LogP contribution in [0.1, 0.15) is 30.9 Å². The van der Waals surface area contributed by atoms with Gasteiger partial charge in [0.1, 0.15) is 5.76 Å². The van der Waals surface area contributed by atoms with E-state index < -0.39 is 0 Å². The van der Waals surface area contributed by atoms with Crippen LogP contribution in [0, 0.1) is 0 Å². The van der Waals surface area contributed by atoms with Crippen LogP contribution in [0.2, 0.25) is 0 Å². The maximum atomic E-state index is 11.9. The molecule has 1 saturated heterocycles. The Bertz CT molecular complexity index is 329. The van der Waals surface area contributed by atoms with E-state index in [1.807, 2.05) is 17.0 Å². The molecule has 2 heterocycles. The van der Waals surface area contributed by atoms with E-state index in [9.17, 15) is 4.79 Å². The molecule has 1 atom stereocenters. The molecular formula is C12H18N2O2. The van der Waals surface area contributed by atoms with Gasteiger partial charge in [0.2, 0.25) is 5.91 Å². The number of likely N-dealkylation sites (tertiary alicyclic amines) is 1. The summed E-state index contributed by atoms with van der Waals surface area (Å²) in [7, 11) is 0. The van der Waals surface area contributed by atoms with Crippen molar-refractivity contribution in [1.29, 1.82) is 0 Å². The highest BCUT2D eigenvalue weighted by Crippen LogP contribution is 2.21. The Morgan fingerprint density at radius 3 is 2.81 bits per heavy atom. The third-order valence-corrected chi connectivity index (χ3v) is 3.11. The standard InChI is InChI=1S/C12H18N2O2/c13-9-10(11-4-3-7-16-11)8-12(15)14-5-1-2-6-14/h3-4,7,10H,1-2,5-6,8-9,13H2/t10-/m1/s1. The Morgan fingerprint density at radius 1 is 1.50 bits per heavy atom. The number of nitrogens with two attached hydrogens (primary N) is 1. The van der Waals surface area contributed by atoms with Gasteiger partial charge in [0, 0.05) is 32.0 Å². The summed E-state index contributed by atoms with van der Waals surface area (Å²) in [5.41, 5.74) is 5.68. The van der Waals surface area contributed by atoms with Gasteiger partial charge < -0.3 is 15.1 Å². The second kappa shape index (κ2) is 5.16. The molecule has 0 saturated carbocycles. The van der Waals surface area contributed by atoms with Crippen molar-refractivity contribution >= 4 is 5.91 Å². The molecule has 1 aromatic heterocycles. The molecule has 1 aliphatic heterocycles. The Kier molecular flexibility index (Phi) is 3.62. The van der Waals surface area contributed by atoms with Crippen molar-refractivity contribution in [1.82, 2.24) is 4.90 Å². The van der Waals surface area contributed by atoms with Gasteiger partial charge in [0.15, 0.2) is 0 Å². The summed E-state index contributed by atoms with van der Waals surface area (Å²) in [4.78, 5) is 13.9. The van der Waals surface area contributed by atoms with E-state index in [0.29, 0.717) is 13.0 Å². The van der Waals surface area contributed by atoms with E-state index in [1.165, 1.54) is 0 Å². The molecule has 1 aromatic rings.